The Morgan fingerprint density at radius 1 is 0.735 bits per heavy atom. The molecule has 0 saturated carbocycles. The summed E-state index contributed by atoms with van der Waals surface area (Å²) in [6.45, 7) is 14.4. The SMILES string of the molecule is Cc1nc([C@H](C(=O)N2C[C@H](OCc3csc([C@H](C(=O)N4C[C@H](O)C[C@H]4C(=O)NCc4ccc(-c5scnc5C)cc4)C(C)C)n3)C[C@H]2C(=O)NCc2ccc(-c3scnc3C)cc2)C(C)C)co1. The number of likely N-dealkylation sites (tertiary alicyclic amines) is 2. The fraction of sp³-hybridized carbons (Fsp3) is 0.440. The van der Waals surface area contributed by atoms with E-state index in [2.05, 4.69) is 25.6 Å². The predicted octanol–water partition coefficient (Wildman–Crippen LogP) is 7.56. The molecule has 2 aromatic carbocycles. The molecule has 6 heterocycles. The third kappa shape index (κ3) is 10.9. The van der Waals surface area contributed by atoms with Gasteiger partial charge in [-0.3, -0.25) is 19.2 Å². The first-order valence-electron chi connectivity index (χ1n) is 23.0. The van der Waals surface area contributed by atoms with Crippen molar-refractivity contribution >= 4 is 57.6 Å². The van der Waals surface area contributed by atoms with Gasteiger partial charge in [0.2, 0.25) is 23.6 Å². The number of aryl methyl sites for hydroxylation is 3. The van der Waals surface area contributed by atoms with E-state index in [-0.39, 0.29) is 81.1 Å². The van der Waals surface area contributed by atoms with Gasteiger partial charge in [-0.05, 0) is 47.9 Å². The van der Waals surface area contributed by atoms with E-state index in [4.69, 9.17) is 14.1 Å². The summed E-state index contributed by atoms with van der Waals surface area (Å²) >= 11 is 4.51. The molecule has 18 heteroatoms. The Bertz CT molecular complexity index is 2710. The van der Waals surface area contributed by atoms with Gasteiger partial charge in [-0.2, -0.15) is 0 Å². The molecule has 0 spiro atoms. The van der Waals surface area contributed by atoms with Crippen LogP contribution in [0.1, 0.15) is 97.2 Å². The average molecular weight is 979 g/mol. The van der Waals surface area contributed by atoms with E-state index < -0.39 is 36.1 Å². The van der Waals surface area contributed by atoms with E-state index >= 15 is 0 Å². The summed E-state index contributed by atoms with van der Waals surface area (Å²) in [6.07, 6.45) is 0.597. The number of amides is 4. The van der Waals surface area contributed by atoms with Crippen LogP contribution in [0.5, 0.6) is 0 Å². The smallest absolute Gasteiger partial charge is 0.243 e. The summed E-state index contributed by atoms with van der Waals surface area (Å²) in [5.74, 6) is -2.23. The fourth-order valence-electron chi connectivity index (χ4n) is 9.08. The number of carbonyl (C=O) groups excluding carboxylic acids is 4. The zero-order valence-electron chi connectivity index (χ0n) is 39.3. The number of rotatable bonds is 17. The number of aromatic nitrogens is 4. The first-order valence-corrected chi connectivity index (χ1v) is 25.6. The molecule has 68 heavy (non-hydrogen) atoms. The van der Waals surface area contributed by atoms with Crippen LogP contribution in [0.25, 0.3) is 20.9 Å². The van der Waals surface area contributed by atoms with E-state index in [1.165, 1.54) is 22.5 Å². The largest absolute Gasteiger partial charge is 0.449 e. The van der Waals surface area contributed by atoms with Crippen molar-refractivity contribution in [3.8, 4) is 20.9 Å². The highest BCUT2D eigenvalue weighted by molar-refractivity contribution is 7.13. The Labute approximate surface area is 408 Å². The van der Waals surface area contributed by atoms with Crippen LogP contribution in [0, 0.1) is 32.6 Å². The van der Waals surface area contributed by atoms with Crippen LogP contribution in [0.4, 0.5) is 0 Å². The lowest BCUT2D eigenvalue weighted by molar-refractivity contribution is -0.140. The summed E-state index contributed by atoms with van der Waals surface area (Å²) in [7, 11) is 0. The Morgan fingerprint density at radius 3 is 1.76 bits per heavy atom. The summed E-state index contributed by atoms with van der Waals surface area (Å²) in [4.78, 5) is 79.9. The summed E-state index contributed by atoms with van der Waals surface area (Å²) < 4.78 is 11.9. The van der Waals surface area contributed by atoms with Crippen molar-refractivity contribution in [2.75, 3.05) is 13.1 Å². The number of hydrogen-bond acceptors (Lipinski definition) is 14. The van der Waals surface area contributed by atoms with Crippen LogP contribution < -0.4 is 10.6 Å². The lowest BCUT2D eigenvalue weighted by Gasteiger charge is -2.29. The molecule has 0 bridgehead atoms. The third-order valence-corrected chi connectivity index (χ3v) is 15.6. The molecular formula is C50H58N8O7S3. The second-order valence-corrected chi connectivity index (χ2v) is 20.9. The molecule has 0 aliphatic carbocycles. The van der Waals surface area contributed by atoms with E-state index in [0.717, 1.165) is 43.4 Å². The van der Waals surface area contributed by atoms with Gasteiger partial charge >= 0.3 is 0 Å². The van der Waals surface area contributed by atoms with E-state index in [9.17, 15) is 24.3 Å². The van der Waals surface area contributed by atoms with E-state index in [1.54, 1.807) is 34.5 Å². The Hall–Kier alpha value is -5.66. The average Bonchev–Trinajstić information content (AvgIpc) is 4.19. The molecule has 358 valence electrons. The molecule has 2 aliphatic heterocycles. The minimum Gasteiger partial charge on any atom is -0.449 e. The minimum atomic E-state index is -0.838. The Morgan fingerprint density at radius 2 is 1.26 bits per heavy atom. The number of carbonyl (C=O) groups is 4. The van der Waals surface area contributed by atoms with Crippen LogP contribution in [-0.4, -0.2) is 95.9 Å². The van der Waals surface area contributed by atoms with E-state index in [1.807, 2.05) is 106 Å². The van der Waals surface area contributed by atoms with Gasteiger partial charge in [-0.25, -0.2) is 19.9 Å². The molecule has 15 nitrogen and oxygen atoms in total. The van der Waals surface area contributed by atoms with Gasteiger partial charge in [-0.15, -0.1) is 34.0 Å². The number of β-amino-alcohol motifs (C(OH)–C–C–N with tert-alkyl or cyclic N) is 1. The molecule has 2 aliphatic rings. The van der Waals surface area contributed by atoms with Gasteiger partial charge < -0.3 is 34.7 Å². The first kappa shape index (κ1) is 48.8. The maximum Gasteiger partial charge on any atom is 0.243 e. The molecule has 6 atom stereocenters. The monoisotopic (exact) mass is 978 g/mol. The molecule has 2 fully saturated rings. The van der Waals surface area contributed by atoms with Crippen LogP contribution >= 0.6 is 34.0 Å². The maximum absolute atomic E-state index is 14.5. The molecule has 4 amide bonds. The van der Waals surface area contributed by atoms with Crippen molar-refractivity contribution in [1.29, 1.82) is 0 Å². The highest BCUT2D eigenvalue weighted by Gasteiger charge is 2.45. The zero-order valence-corrected chi connectivity index (χ0v) is 41.8. The van der Waals surface area contributed by atoms with Crippen LogP contribution in [0.3, 0.4) is 0 Å². The van der Waals surface area contributed by atoms with Gasteiger partial charge in [0.1, 0.15) is 23.4 Å². The van der Waals surface area contributed by atoms with Crippen molar-refractivity contribution < 1.29 is 33.4 Å². The van der Waals surface area contributed by atoms with E-state index in [0.29, 0.717) is 22.3 Å². The third-order valence-electron chi connectivity index (χ3n) is 12.7. The Kier molecular flexibility index (Phi) is 15.3. The topological polar surface area (TPSA) is 193 Å². The number of aliphatic hydroxyl groups excluding tert-OH is 1. The summed E-state index contributed by atoms with van der Waals surface area (Å²) in [6, 6.07) is 14.3. The highest BCUT2D eigenvalue weighted by Crippen LogP contribution is 2.35. The lowest BCUT2D eigenvalue weighted by Crippen LogP contribution is -2.48. The molecular weight excluding hydrogens is 921 g/mol. The molecule has 4 aromatic heterocycles. The van der Waals surface area contributed by atoms with Crippen molar-refractivity contribution in [2.24, 2.45) is 11.8 Å². The molecule has 0 radical (unpaired) electrons. The van der Waals surface area contributed by atoms with Gasteiger partial charge in [0.15, 0.2) is 5.89 Å². The predicted molar refractivity (Wildman–Crippen MR) is 262 cm³/mol. The lowest BCUT2D eigenvalue weighted by atomic mass is 9.91. The highest BCUT2D eigenvalue weighted by atomic mass is 32.1. The second kappa shape index (κ2) is 21.3. The maximum atomic E-state index is 14.5. The summed E-state index contributed by atoms with van der Waals surface area (Å²) in [5.41, 5.74) is 10.7. The number of ether oxygens (including phenoxy) is 1. The number of nitrogens with one attached hydrogen (secondary N) is 2. The summed E-state index contributed by atoms with van der Waals surface area (Å²) in [5, 5.41) is 19.2. The number of nitrogens with zero attached hydrogens (tertiary/aromatic N) is 6. The van der Waals surface area contributed by atoms with Crippen molar-refractivity contribution in [1.82, 2.24) is 40.4 Å². The first-order chi connectivity index (χ1) is 32.6. The zero-order chi connectivity index (χ0) is 48.2. The van der Waals surface area contributed by atoms with Gasteiger partial charge in [0, 0.05) is 51.3 Å². The number of aliphatic hydroxyl groups is 1. The van der Waals surface area contributed by atoms with Crippen molar-refractivity contribution in [3.05, 3.63) is 116 Å². The molecule has 3 N–H and O–H groups in total. The minimum absolute atomic E-state index is 0.0451. The number of thiazole rings is 3. The number of benzene rings is 2. The molecule has 8 rings (SSSR count). The normalized spacial score (nSPS) is 19.2. The number of oxazole rings is 1. The van der Waals surface area contributed by atoms with Gasteiger partial charge in [0.05, 0.1) is 74.2 Å². The molecule has 0 unspecified atom stereocenters. The van der Waals surface area contributed by atoms with Crippen LogP contribution in [0.15, 0.2) is 75.6 Å². The second-order valence-electron chi connectivity index (χ2n) is 18.3. The number of hydrogen-bond donors (Lipinski definition) is 3. The van der Waals surface area contributed by atoms with Gasteiger partial charge in [0.25, 0.3) is 0 Å². The molecule has 6 aromatic rings. The fourth-order valence-corrected chi connectivity index (χ4v) is 11.8. The van der Waals surface area contributed by atoms with Crippen molar-refractivity contribution in [2.45, 2.75) is 117 Å². The van der Waals surface area contributed by atoms with Crippen LogP contribution in [-0.2, 0) is 43.6 Å². The van der Waals surface area contributed by atoms with Crippen LogP contribution in [0.2, 0.25) is 0 Å². The standard InChI is InChI=1S/C50H58N8O7S3/c1-27(2)42(39-23-64-31(7)55-39)49(62)58-21-38(17-41(58)47(61)52-19-33-10-14-35(15-11-33)45-30(6)54-26-68-45)65-22-36-24-66-48(56-36)43(28(3)4)50(63)57-20-37(59)16-40(57)46(60)51-18-32-8-12-34(13-9-32)44-29(5)53-25-67-44/h8-15,23-28,37-38,40-43,59H,16-22H2,1-7H3,(H,51,60)(H,52,61)/t37-,38-,40+,41+,42-,43-/m1/s1. The van der Waals surface area contributed by atoms with Gasteiger partial charge in [-0.1, -0.05) is 76.2 Å². The Balaban J connectivity index is 0.915. The molecule has 2 saturated heterocycles. The quantitative estimate of drug-likeness (QED) is 0.0817. The van der Waals surface area contributed by atoms with Crippen molar-refractivity contribution in [3.63, 3.8) is 0 Å².